The maximum Gasteiger partial charge on any atom is 0.277 e. The van der Waals surface area contributed by atoms with Crippen LogP contribution in [0.15, 0.2) is 58.2 Å². The maximum atomic E-state index is 13.0. The first-order valence-electron chi connectivity index (χ1n) is 9.13. The highest BCUT2D eigenvalue weighted by atomic mass is 32.2. The minimum atomic E-state index is -0.425. The van der Waals surface area contributed by atoms with Crippen molar-refractivity contribution in [2.75, 3.05) is 5.32 Å². The molecule has 146 valence electrons. The minimum Gasteiger partial charge on any atom is -0.411 e. The standard InChI is InChI=1S/C21H22FN3O2S/c1-4-13(2)17-7-5-6-8-18(17)23-19(26)14(3)28-21-25-24-20(27-21)15-9-11-16(22)12-10-15/h5-14H,4H2,1-3H3,(H,23,26)/t13-,14-/m1/s1. The monoisotopic (exact) mass is 399 g/mol. The van der Waals surface area contributed by atoms with E-state index in [9.17, 15) is 9.18 Å². The minimum absolute atomic E-state index is 0.137. The van der Waals surface area contributed by atoms with Crippen molar-refractivity contribution >= 4 is 23.4 Å². The molecule has 7 heteroatoms. The molecule has 0 aliphatic carbocycles. The summed E-state index contributed by atoms with van der Waals surface area (Å²) >= 11 is 1.18. The van der Waals surface area contributed by atoms with Crippen LogP contribution < -0.4 is 5.32 Å². The van der Waals surface area contributed by atoms with Crippen LogP contribution in [0.1, 0.15) is 38.7 Å². The quantitative estimate of drug-likeness (QED) is 0.531. The maximum absolute atomic E-state index is 13.0. The van der Waals surface area contributed by atoms with Crippen molar-refractivity contribution in [1.82, 2.24) is 10.2 Å². The molecule has 1 aromatic heterocycles. The van der Waals surface area contributed by atoms with E-state index in [1.165, 1.54) is 23.9 Å². The number of thioether (sulfide) groups is 1. The molecule has 0 bridgehead atoms. The molecule has 28 heavy (non-hydrogen) atoms. The smallest absolute Gasteiger partial charge is 0.277 e. The number of hydrogen-bond acceptors (Lipinski definition) is 5. The highest BCUT2D eigenvalue weighted by molar-refractivity contribution is 8.00. The van der Waals surface area contributed by atoms with Crippen molar-refractivity contribution in [3.8, 4) is 11.5 Å². The first kappa shape index (κ1) is 20.1. The van der Waals surface area contributed by atoms with E-state index in [1.54, 1.807) is 19.1 Å². The van der Waals surface area contributed by atoms with Crippen LogP contribution in [-0.4, -0.2) is 21.4 Å². The Hall–Kier alpha value is -2.67. The van der Waals surface area contributed by atoms with Gasteiger partial charge in [0, 0.05) is 11.3 Å². The number of nitrogens with one attached hydrogen (secondary N) is 1. The summed E-state index contributed by atoms with van der Waals surface area (Å²) in [6.45, 7) is 6.04. The molecule has 2 atom stereocenters. The largest absolute Gasteiger partial charge is 0.411 e. The van der Waals surface area contributed by atoms with Crippen molar-refractivity contribution in [1.29, 1.82) is 0 Å². The van der Waals surface area contributed by atoms with Crippen molar-refractivity contribution in [2.24, 2.45) is 0 Å². The summed E-state index contributed by atoms with van der Waals surface area (Å²) in [6.07, 6.45) is 0.991. The number of para-hydroxylation sites is 1. The van der Waals surface area contributed by atoms with Gasteiger partial charge in [0.25, 0.3) is 5.22 Å². The molecule has 0 spiro atoms. The van der Waals surface area contributed by atoms with Crippen LogP contribution in [-0.2, 0) is 4.79 Å². The van der Waals surface area contributed by atoms with Crippen molar-refractivity contribution < 1.29 is 13.6 Å². The highest BCUT2D eigenvalue weighted by Crippen LogP contribution is 2.29. The average Bonchev–Trinajstić information content (AvgIpc) is 3.16. The fourth-order valence-corrected chi connectivity index (χ4v) is 3.35. The number of aromatic nitrogens is 2. The number of nitrogens with zero attached hydrogens (tertiary/aromatic N) is 2. The van der Waals surface area contributed by atoms with E-state index in [2.05, 4.69) is 29.4 Å². The first-order chi connectivity index (χ1) is 13.5. The van der Waals surface area contributed by atoms with Gasteiger partial charge in [-0.2, -0.15) is 0 Å². The number of amides is 1. The second-order valence-corrected chi connectivity index (χ2v) is 7.82. The van der Waals surface area contributed by atoms with Gasteiger partial charge in [-0.25, -0.2) is 4.39 Å². The fourth-order valence-electron chi connectivity index (χ4n) is 2.67. The molecule has 0 unspecified atom stereocenters. The second kappa shape index (κ2) is 9.01. The zero-order valence-electron chi connectivity index (χ0n) is 16.0. The molecule has 1 heterocycles. The topological polar surface area (TPSA) is 68.0 Å². The lowest BCUT2D eigenvalue weighted by atomic mass is 9.97. The summed E-state index contributed by atoms with van der Waals surface area (Å²) in [6, 6.07) is 13.6. The Balaban J connectivity index is 1.66. The van der Waals surface area contributed by atoms with Crippen LogP contribution in [0.2, 0.25) is 0 Å². The lowest BCUT2D eigenvalue weighted by Gasteiger charge is -2.17. The number of benzene rings is 2. The van der Waals surface area contributed by atoms with Crippen LogP contribution >= 0.6 is 11.8 Å². The van der Waals surface area contributed by atoms with Gasteiger partial charge < -0.3 is 9.73 Å². The Morgan fingerprint density at radius 2 is 1.86 bits per heavy atom. The van der Waals surface area contributed by atoms with Gasteiger partial charge in [0.05, 0.1) is 5.25 Å². The van der Waals surface area contributed by atoms with Crippen LogP contribution in [0.25, 0.3) is 11.5 Å². The number of carbonyl (C=O) groups is 1. The number of rotatable bonds is 7. The Morgan fingerprint density at radius 1 is 1.14 bits per heavy atom. The lowest BCUT2D eigenvalue weighted by Crippen LogP contribution is -2.23. The molecular weight excluding hydrogens is 377 g/mol. The van der Waals surface area contributed by atoms with Gasteiger partial charge in [0.2, 0.25) is 11.8 Å². The second-order valence-electron chi connectivity index (χ2n) is 6.53. The lowest BCUT2D eigenvalue weighted by molar-refractivity contribution is -0.115. The predicted octanol–water partition coefficient (Wildman–Crippen LogP) is 5.51. The predicted molar refractivity (Wildman–Crippen MR) is 109 cm³/mol. The van der Waals surface area contributed by atoms with E-state index in [-0.39, 0.29) is 22.8 Å². The van der Waals surface area contributed by atoms with Gasteiger partial charge in [0.1, 0.15) is 5.82 Å². The summed E-state index contributed by atoms with van der Waals surface area (Å²) in [7, 11) is 0. The number of halogens is 1. The molecule has 0 radical (unpaired) electrons. The Bertz CT molecular complexity index is 943. The van der Waals surface area contributed by atoms with Gasteiger partial charge in [-0.1, -0.05) is 43.8 Å². The number of carbonyl (C=O) groups excluding carboxylic acids is 1. The molecular formula is C21H22FN3O2S. The molecule has 3 rings (SSSR count). The third kappa shape index (κ3) is 4.78. The van der Waals surface area contributed by atoms with Crippen LogP contribution in [0, 0.1) is 5.82 Å². The van der Waals surface area contributed by atoms with E-state index in [0.717, 1.165) is 17.7 Å². The van der Waals surface area contributed by atoms with Gasteiger partial charge in [0.15, 0.2) is 0 Å². The molecule has 0 aliphatic rings. The molecule has 0 aliphatic heterocycles. The zero-order valence-corrected chi connectivity index (χ0v) is 16.8. The van der Waals surface area contributed by atoms with Crippen molar-refractivity contribution in [2.45, 2.75) is 43.6 Å². The molecule has 0 fully saturated rings. The fraction of sp³-hybridized carbons (Fsp3) is 0.286. The number of hydrogen-bond donors (Lipinski definition) is 1. The summed E-state index contributed by atoms with van der Waals surface area (Å²) in [5.41, 5.74) is 2.57. The van der Waals surface area contributed by atoms with E-state index < -0.39 is 5.25 Å². The number of anilines is 1. The van der Waals surface area contributed by atoms with Crippen molar-refractivity contribution in [3.63, 3.8) is 0 Å². The van der Waals surface area contributed by atoms with Crippen LogP contribution in [0.3, 0.4) is 0 Å². The van der Waals surface area contributed by atoms with Crippen LogP contribution in [0.4, 0.5) is 10.1 Å². The third-order valence-corrected chi connectivity index (χ3v) is 5.44. The molecule has 0 saturated carbocycles. The van der Waals surface area contributed by atoms with E-state index in [1.807, 2.05) is 24.3 Å². The van der Waals surface area contributed by atoms with Gasteiger partial charge >= 0.3 is 0 Å². The van der Waals surface area contributed by atoms with Crippen LogP contribution in [0.5, 0.6) is 0 Å². The SMILES string of the molecule is CC[C@@H](C)c1ccccc1NC(=O)[C@@H](C)Sc1nnc(-c2ccc(F)cc2)o1. The Labute approximate surface area is 167 Å². The Morgan fingerprint density at radius 3 is 2.57 bits per heavy atom. The van der Waals surface area contributed by atoms with E-state index in [4.69, 9.17) is 4.42 Å². The van der Waals surface area contributed by atoms with E-state index in [0.29, 0.717) is 11.5 Å². The van der Waals surface area contributed by atoms with Gasteiger partial charge in [-0.15, -0.1) is 10.2 Å². The molecule has 0 saturated heterocycles. The van der Waals surface area contributed by atoms with Gasteiger partial charge in [-0.05, 0) is 55.2 Å². The summed E-state index contributed by atoms with van der Waals surface area (Å²) in [4.78, 5) is 12.6. The van der Waals surface area contributed by atoms with Crippen molar-refractivity contribution in [3.05, 3.63) is 59.9 Å². The molecule has 3 aromatic rings. The summed E-state index contributed by atoms with van der Waals surface area (Å²) in [5, 5.41) is 10.8. The Kier molecular flexibility index (Phi) is 6.46. The highest BCUT2D eigenvalue weighted by Gasteiger charge is 2.20. The average molecular weight is 399 g/mol. The van der Waals surface area contributed by atoms with Gasteiger partial charge in [-0.3, -0.25) is 4.79 Å². The molecule has 5 nitrogen and oxygen atoms in total. The normalized spacial score (nSPS) is 13.1. The zero-order chi connectivity index (χ0) is 20.1. The summed E-state index contributed by atoms with van der Waals surface area (Å²) < 4.78 is 18.6. The first-order valence-corrected chi connectivity index (χ1v) is 10.0. The molecule has 1 amide bonds. The summed E-state index contributed by atoms with van der Waals surface area (Å²) in [5.74, 6) is 0.175. The molecule has 1 N–H and O–H groups in total. The third-order valence-electron chi connectivity index (χ3n) is 4.51. The van der Waals surface area contributed by atoms with E-state index >= 15 is 0 Å². The molecule has 2 aromatic carbocycles.